The minimum absolute atomic E-state index is 0.0354. The third-order valence-corrected chi connectivity index (χ3v) is 4.43. The van der Waals surface area contributed by atoms with Gasteiger partial charge in [-0.1, -0.05) is 41.5 Å². The monoisotopic (exact) mass is 246 g/mol. The summed E-state index contributed by atoms with van der Waals surface area (Å²) in [5.74, 6) is 0.206. The quantitative estimate of drug-likeness (QED) is 0.805. The van der Waals surface area contributed by atoms with Crippen molar-refractivity contribution in [1.82, 2.24) is 0 Å². The van der Waals surface area contributed by atoms with Gasteiger partial charge in [0.25, 0.3) is 0 Å². The summed E-state index contributed by atoms with van der Waals surface area (Å²) in [6, 6.07) is 10.2. The first-order valence-corrected chi connectivity index (χ1v) is 6.55. The number of rotatable bonds is 3. The van der Waals surface area contributed by atoms with Crippen LogP contribution in [0.4, 0.5) is 0 Å². The van der Waals surface area contributed by atoms with Crippen LogP contribution in [0.5, 0.6) is 0 Å². The maximum Gasteiger partial charge on any atom is 0.0518 e. The van der Waals surface area contributed by atoms with Gasteiger partial charge in [-0.15, -0.1) is 0 Å². The molecule has 1 aromatic carbocycles. The Balaban J connectivity index is 2.43. The molecule has 2 nitrogen and oxygen atoms in total. The second kappa shape index (κ2) is 5.25. The molecule has 2 heteroatoms. The number of hydrogen-bond acceptors (Lipinski definition) is 2. The number of aliphatic hydroxyl groups excluding tert-OH is 2. The van der Waals surface area contributed by atoms with Crippen molar-refractivity contribution in [2.24, 2.45) is 5.41 Å². The summed E-state index contributed by atoms with van der Waals surface area (Å²) in [5, 5.41) is 19.6. The second-order valence-corrected chi connectivity index (χ2v) is 5.58. The highest BCUT2D eigenvalue weighted by atomic mass is 16.3. The van der Waals surface area contributed by atoms with E-state index in [1.807, 2.05) is 18.2 Å². The minimum atomic E-state index is -0.412. The van der Waals surface area contributed by atoms with Gasteiger partial charge in [0.05, 0.1) is 13.2 Å². The molecule has 0 unspecified atom stereocenters. The van der Waals surface area contributed by atoms with E-state index in [0.29, 0.717) is 0 Å². The van der Waals surface area contributed by atoms with Crippen LogP contribution in [-0.4, -0.2) is 23.4 Å². The first kappa shape index (κ1) is 13.3. The Bertz CT molecular complexity index is 430. The van der Waals surface area contributed by atoms with Crippen molar-refractivity contribution < 1.29 is 10.2 Å². The molecule has 0 radical (unpaired) electrons. The highest BCUT2D eigenvalue weighted by Gasteiger charge is 2.41. The molecule has 0 fully saturated rings. The molecule has 1 aromatic rings. The average molecular weight is 246 g/mol. The van der Waals surface area contributed by atoms with Gasteiger partial charge in [0.15, 0.2) is 0 Å². The molecule has 1 aliphatic rings. The highest BCUT2D eigenvalue weighted by Crippen LogP contribution is 2.48. The Morgan fingerprint density at radius 3 is 2.22 bits per heavy atom. The van der Waals surface area contributed by atoms with Crippen LogP contribution >= 0.6 is 0 Å². The molecule has 0 amide bonds. The first-order chi connectivity index (χ1) is 8.63. The molecule has 0 bridgehead atoms. The van der Waals surface area contributed by atoms with Crippen molar-refractivity contribution >= 4 is 0 Å². The van der Waals surface area contributed by atoms with E-state index in [2.05, 4.69) is 26.0 Å². The van der Waals surface area contributed by atoms with E-state index >= 15 is 0 Å². The van der Waals surface area contributed by atoms with E-state index in [1.54, 1.807) is 0 Å². The molecule has 1 atom stereocenters. The number of benzene rings is 1. The average Bonchev–Trinajstić information content (AvgIpc) is 2.42. The lowest BCUT2D eigenvalue weighted by Crippen LogP contribution is -2.39. The molecular formula is C16H22O2. The van der Waals surface area contributed by atoms with E-state index in [9.17, 15) is 10.2 Å². The first-order valence-electron chi connectivity index (χ1n) is 6.55. The molecule has 0 aliphatic heterocycles. The Hall–Kier alpha value is -1.12. The van der Waals surface area contributed by atoms with Gasteiger partial charge in [-0.2, -0.15) is 0 Å². The fourth-order valence-electron chi connectivity index (χ4n) is 3.04. The van der Waals surface area contributed by atoms with Crippen LogP contribution < -0.4 is 0 Å². The third kappa shape index (κ3) is 2.23. The van der Waals surface area contributed by atoms with Crippen LogP contribution in [-0.2, 0) is 0 Å². The van der Waals surface area contributed by atoms with Gasteiger partial charge in [0.2, 0.25) is 0 Å². The smallest absolute Gasteiger partial charge is 0.0518 e. The summed E-state index contributed by atoms with van der Waals surface area (Å²) in [6.07, 6.45) is 1.71. The summed E-state index contributed by atoms with van der Waals surface area (Å²) in [7, 11) is 0. The zero-order valence-corrected chi connectivity index (χ0v) is 11.2. The van der Waals surface area contributed by atoms with E-state index in [-0.39, 0.29) is 19.1 Å². The predicted octanol–water partition coefficient (Wildman–Crippen LogP) is 2.87. The SMILES string of the molecule is CC1=C(C)CC(CO)(CO)[C@@H](c2ccccc2)C1. The van der Waals surface area contributed by atoms with Gasteiger partial charge in [-0.25, -0.2) is 0 Å². The van der Waals surface area contributed by atoms with Crippen molar-refractivity contribution in [1.29, 1.82) is 0 Å². The topological polar surface area (TPSA) is 40.5 Å². The summed E-state index contributed by atoms with van der Waals surface area (Å²) in [6.45, 7) is 4.34. The zero-order chi connectivity index (χ0) is 13.2. The van der Waals surface area contributed by atoms with Crippen LogP contribution in [0.3, 0.4) is 0 Å². The lowest BCUT2D eigenvalue weighted by molar-refractivity contribution is 0.0253. The standard InChI is InChI=1S/C16H22O2/c1-12-8-15(14-6-4-3-5-7-14)16(10-17,11-18)9-13(12)2/h3-7,15,17-18H,8-11H2,1-2H3/t15-/m1/s1. The Kier molecular flexibility index (Phi) is 3.88. The summed E-state index contributed by atoms with van der Waals surface area (Å²) < 4.78 is 0. The number of allylic oxidation sites excluding steroid dienone is 2. The molecule has 98 valence electrons. The second-order valence-electron chi connectivity index (χ2n) is 5.58. The molecule has 0 heterocycles. The van der Waals surface area contributed by atoms with Crippen molar-refractivity contribution in [3.05, 3.63) is 47.0 Å². The van der Waals surface area contributed by atoms with Crippen LogP contribution in [0.15, 0.2) is 41.5 Å². The van der Waals surface area contributed by atoms with E-state index < -0.39 is 5.41 Å². The fourth-order valence-corrected chi connectivity index (χ4v) is 3.04. The normalized spacial score (nSPS) is 23.2. The van der Waals surface area contributed by atoms with Crippen molar-refractivity contribution in [3.63, 3.8) is 0 Å². The summed E-state index contributed by atoms with van der Waals surface area (Å²) >= 11 is 0. The van der Waals surface area contributed by atoms with Crippen molar-refractivity contribution in [2.75, 3.05) is 13.2 Å². The van der Waals surface area contributed by atoms with Gasteiger partial charge in [-0.3, -0.25) is 0 Å². The summed E-state index contributed by atoms with van der Waals surface area (Å²) in [4.78, 5) is 0. The Labute approximate surface area is 109 Å². The van der Waals surface area contributed by atoms with Gasteiger partial charge >= 0.3 is 0 Å². The van der Waals surface area contributed by atoms with E-state index in [1.165, 1.54) is 16.7 Å². The van der Waals surface area contributed by atoms with Crippen LogP contribution in [0, 0.1) is 5.41 Å². The molecule has 2 rings (SSSR count). The summed E-state index contributed by atoms with van der Waals surface area (Å²) in [5.41, 5.74) is 3.50. The number of hydrogen-bond donors (Lipinski definition) is 2. The van der Waals surface area contributed by atoms with Crippen molar-refractivity contribution in [2.45, 2.75) is 32.6 Å². The Morgan fingerprint density at radius 1 is 1.06 bits per heavy atom. The van der Waals surface area contributed by atoms with Crippen LogP contribution in [0.2, 0.25) is 0 Å². The van der Waals surface area contributed by atoms with E-state index in [0.717, 1.165) is 12.8 Å². The minimum Gasteiger partial charge on any atom is -0.396 e. The largest absolute Gasteiger partial charge is 0.396 e. The fraction of sp³-hybridized carbons (Fsp3) is 0.500. The van der Waals surface area contributed by atoms with Gasteiger partial charge < -0.3 is 10.2 Å². The predicted molar refractivity (Wildman–Crippen MR) is 73.4 cm³/mol. The molecule has 1 aliphatic carbocycles. The Morgan fingerprint density at radius 2 is 1.67 bits per heavy atom. The molecule has 0 saturated carbocycles. The maximum absolute atomic E-state index is 9.79. The molecule has 0 spiro atoms. The molecule has 0 aromatic heterocycles. The third-order valence-electron chi connectivity index (χ3n) is 4.43. The van der Waals surface area contributed by atoms with Crippen molar-refractivity contribution in [3.8, 4) is 0 Å². The van der Waals surface area contributed by atoms with Gasteiger partial charge in [-0.05, 0) is 38.2 Å². The molecule has 18 heavy (non-hydrogen) atoms. The lowest BCUT2D eigenvalue weighted by Gasteiger charge is -2.43. The molecule has 0 saturated heterocycles. The van der Waals surface area contributed by atoms with Crippen LogP contribution in [0.25, 0.3) is 0 Å². The molecular weight excluding hydrogens is 224 g/mol. The van der Waals surface area contributed by atoms with Gasteiger partial charge in [0.1, 0.15) is 0 Å². The van der Waals surface area contributed by atoms with Crippen LogP contribution in [0.1, 0.15) is 38.2 Å². The molecule has 2 N–H and O–H groups in total. The number of aliphatic hydroxyl groups is 2. The van der Waals surface area contributed by atoms with Gasteiger partial charge in [0, 0.05) is 5.41 Å². The zero-order valence-electron chi connectivity index (χ0n) is 11.2. The van der Waals surface area contributed by atoms with E-state index in [4.69, 9.17) is 0 Å². The maximum atomic E-state index is 9.79. The highest BCUT2D eigenvalue weighted by molar-refractivity contribution is 5.30. The lowest BCUT2D eigenvalue weighted by atomic mass is 9.63.